The van der Waals surface area contributed by atoms with Gasteiger partial charge in [0, 0.05) is 6.61 Å². The Bertz CT molecular complexity index is 160. The monoisotopic (exact) mass is 197 g/mol. The Kier molecular flexibility index (Phi) is 3.30. The van der Waals surface area contributed by atoms with Crippen molar-refractivity contribution in [1.29, 1.82) is 0 Å². The third-order valence-electron chi connectivity index (χ3n) is 3.00. The summed E-state index contributed by atoms with van der Waals surface area (Å²) >= 11 is 0. The molecule has 0 N–H and O–H groups in total. The summed E-state index contributed by atoms with van der Waals surface area (Å²) in [6.07, 6.45) is 3.81. The molecular formula is C13H25O-. The van der Waals surface area contributed by atoms with Crippen molar-refractivity contribution in [2.75, 3.05) is 6.61 Å². The van der Waals surface area contributed by atoms with Crippen LogP contribution in [0, 0.1) is 22.9 Å². The lowest BCUT2D eigenvalue weighted by molar-refractivity contribution is -0.0318. The summed E-state index contributed by atoms with van der Waals surface area (Å²) in [6, 6.07) is 0. The second-order valence-corrected chi connectivity index (χ2v) is 6.52. The predicted molar refractivity (Wildman–Crippen MR) is 60.8 cm³/mol. The van der Waals surface area contributed by atoms with Crippen LogP contribution in [-0.2, 0) is 4.74 Å². The van der Waals surface area contributed by atoms with Crippen molar-refractivity contribution in [3.8, 4) is 0 Å². The Hall–Kier alpha value is -0.0400. The second-order valence-electron chi connectivity index (χ2n) is 6.52. The van der Waals surface area contributed by atoms with Crippen LogP contribution in [0.5, 0.6) is 0 Å². The van der Waals surface area contributed by atoms with Gasteiger partial charge in [-0.2, -0.15) is 6.10 Å². The maximum atomic E-state index is 5.90. The highest BCUT2D eigenvalue weighted by molar-refractivity contribution is 5.03. The molecular weight excluding hydrogens is 172 g/mol. The van der Waals surface area contributed by atoms with E-state index in [4.69, 9.17) is 4.74 Å². The standard InChI is InChI=1S/C13H25O/c1-12(2,3)10-8-7-9-14-11(10)13(4,5)6/h10H,7-9H2,1-6H3/q-1. The highest BCUT2D eigenvalue weighted by Gasteiger charge is 2.30. The maximum Gasteiger partial charge on any atom is 0.0113 e. The van der Waals surface area contributed by atoms with Gasteiger partial charge in [-0.1, -0.05) is 53.4 Å². The van der Waals surface area contributed by atoms with E-state index in [1.165, 1.54) is 18.9 Å². The number of hydrogen-bond donors (Lipinski definition) is 0. The summed E-state index contributed by atoms with van der Waals surface area (Å²) in [6.45, 7) is 14.6. The first kappa shape index (κ1) is 12.0. The summed E-state index contributed by atoms with van der Waals surface area (Å²) in [5.41, 5.74) is 0.529. The van der Waals surface area contributed by atoms with Crippen LogP contribution in [0.15, 0.2) is 0 Å². The largest absolute Gasteiger partial charge is 0.548 e. The normalized spacial score (nSPS) is 26.6. The molecule has 0 aromatic rings. The highest BCUT2D eigenvalue weighted by atomic mass is 16.5. The van der Waals surface area contributed by atoms with Gasteiger partial charge in [-0.05, 0) is 6.42 Å². The van der Waals surface area contributed by atoms with Crippen LogP contribution in [0.25, 0.3) is 0 Å². The molecule has 1 aliphatic rings. The van der Waals surface area contributed by atoms with E-state index in [2.05, 4.69) is 41.5 Å². The summed E-state index contributed by atoms with van der Waals surface area (Å²) in [5.74, 6) is 0.622. The maximum absolute atomic E-state index is 5.90. The van der Waals surface area contributed by atoms with Gasteiger partial charge >= 0.3 is 0 Å². The molecule has 1 unspecified atom stereocenters. The number of rotatable bonds is 0. The minimum atomic E-state index is 0.193. The topological polar surface area (TPSA) is 9.23 Å². The molecule has 1 rings (SSSR count). The summed E-state index contributed by atoms with van der Waals surface area (Å²) in [7, 11) is 0. The van der Waals surface area contributed by atoms with Crippen LogP contribution in [0.4, 0.5) is 0 Å². The van der Waals surface area contributed by atoms with Gasteiger partial charge in [-0.3, -0.25) is 0 Å². The summed E-state index contributed by atoms with van der Waals surface area (Å²) in [4.78, 5) is 0. The molecule has 0 spiro atoms. The molecule has 1 heteroatoms. The minimum Gasteiger partial charge on any atom is -0.548 e. The van der Waals surface area contributed by atoms with Crippen molar-refractivity contribution < 1.29 is 4.74 Å². The lowest BCUT2D eigenvalue weighted by Gasteiger charge is -2.58. The molecule has 0 bridgehead atoms. The first-order valence-corrected chi connectivity index (χ1v) is 5.73. The third kappa shape index (κ3) is 2.73. The third-order valence-corrected chi connectivity index (χ3v) is 3.00. The van der Waals surface area contributed by atoms with E-state index in [0.29, 0.717) is 11.3 Å². The molecule has 1 fully saturated rings. The lowest BCUT2D eigenvalue weighted by atomic mass is 9.67. The molecule has 1 heterocycles. The zero-order valence-electron chi connectivity index (χ0n) is 10.6. The van der Waals surface area contributed by atoms with E-state index in [9.17, 15) is 0 Å². The molecule has 1 nitrogen and oxygen atoms in total. The van der Waals surface area contributed by atoms with Gasteiger partial charge in [-0.25, -0.2) is 0 Å². The quantitative estimate of drug-likeness (QED) is 0.533. The van der Waals surface area contributed by atoms with Crippen molar-refractivity contribution in [3.63, 3.8) is 0 Å². The van der Waals surface area contributed by atoms with E-state index in [1.54, 1.807) is 0 Å². The molecule has 1 saturated heterocycles. The van der Waals surface area contributed by atoms with E-state index in [1.807, 2.05) is 0 Å². The molecule has 0 aromatic carbocycles. The zero-order chi connectivity index (χ0) is 11.0. The van der Waals surface area contributed by atoms with E-state index in [-0.39, 0.29) is 5.41 Å². The molecule has 0 saturated carbocycles. The van der Waals surface area contributed by atoms with Gasteiger partial charge < -0.3 is 4.74 Å². The average Bonchev–Trinajstić information content (AvgIpc) is 2.01. The number of hydrogen-bond acceptors (Lipinski definition) is 1. The van der Waals surface area contributed by atoms with E-state index < -0.39 is 0 Å². The van der Waals surface area contributed by atoms with Gasteiger partial charge in [0.1, 0.15) is 0 Å². The Morgan fingerprint density at radius 2 is 1.64 bits per heavy atom. The first-order valence-electron chi connectivity index (χ1n) is 5.73. The van der Waals surface area contributed by atoms with Gasteiger partial charge in [0.05, 0.1) is 0 Å². The Morgan fingerprint density at radius 1 is 1.07 bits per heavy atom. The lowest BCUT2D eigenvalue weighted by Crippen LogP contribution is -2.39. The molecule has 0 aliphatic carbocycles. The number of ether oxygens (including phenoxy) is 1. The summed E-state index contributed by atoms with van der Waals surface area (Å²) in [5, 5.41) is 0. The zero-order valence-corrected chi connectivity index (χ0v) is 10.6. The smallest absolute Gasteiger partial charge is 0.0113 e. The Labute approximate surface area is 89.2 Å². The fourth-order valence-electron chi connectivity index (χ4n) is 2.27. The molecule has 0 aromatic heterocycles. The van der Waals surface area contributed by atoms with Crippen LogP contribution in [-0.4, -0.2) is 6.61 Å². The van der Waals surface area contributed by atoms with Gasteiger partial charge in [0.25, 0.3) is 0 Å². The van der Waals surface area contributed by atoms with E-state index in [0.717, 1.165) is 6.61 Å². The Morgan fingerprint density at radius 3 is 2.00 bits per heavy atom. The van der Waals surface area contributed by atoms with Crippen molar-refractivity contribution in [1.82, 2.24) is 0 Å². The first-order chi connectivity index (χ1) is 6.23. The van der Waals surface area contributed by atoms with Crippen LogP contribution >= 0.6 is 0 Å². The molecule has 0 amide bonds. The van der Waals surface area contributed by atoms with Gasteiger partial charge in [0.15, 0.2) is 0 Å². The van der Waals surface area contributed by atoms with E-state index >= 15 is 0 Å². The highest BCUT2D eigenvalue weighted by Crippen LogP contribution is 2.47. The van der Waals surface area contributed by atoms with Crippen molar-refractivity contribution in [3.05, 3.63) is 6.10 Å². The molecule has 1 atom stereocenters. The Balaban J connectivity index is 2.80. The van der Waals surface area contributed by atoms with Crippen LogP contribution in [0.3, 0.4) is 0 Å². The minimum absolute atomic E-state index is 0.193. The van der Waals surface area contributed by atoms with Crippen LogP contribution < -0.4 is 0 Å². The van der Waals surface area contributed by atoms with Gasteiger partial charge in [-0.15, -0.1) is 11.3 Å². The average molecular weight is 197 g/mol. The van der Waals surface area contributed by atoms with Crippen molar-refractivity contribution in [2.24, 2.45) is 16.7 Å². The van der Waals surface area contributed by atoms with Gasteiger partial charge in [0.2, 0.25) is 0 Å². The molecule has 0 radical (unpaired) electrons. The van der Waals surface area contributed by atoms with Crippen LogP contribution in [0.2, 0.25) is 0 Å². The van der Waals surface area contributed by atoms with Crippen molar-refractivity contribution in [2.45, 2.75) is 54.4 Å². The SMILES string of the molecule is CC(C)(C)[C-]1OCCCC1C(C)(C)C. The molecule has 84 valence electrons. The molecule has 1 aliphatic heterocycles. The summed E-state index contributed by atoms with van der Waals surface area (Å²) < 4.78 is 5.90. The second kappa shape index (κ2) is 3.84. The van der Waals surface area contributed by atoms with Crippen LogP contribution in [0.1, 0.15) is 54.4 Å². The van der Waals surface area contributed by atoms with Crippen molar-refractivity contribution >= 4 is 0 Å². The fourth-order valence-corrected chi connectivity index (χ4v) is 2.27. The fraction of sp³-hybridized carbons (Fsp3) is 0.923. The molecule has 14 heavy (non-hydrogen) atoms. The predicted octanol–water partition coefficient (Wildman–Crippen LogP) is 4.04.